The number of likely N-dealkylation sites (tertiary alicyclic amines) is 1. The van der Waals surface area contributed by atoms with Crippen LogP contribution in [-0.2, 0) is 9.59 Å². The second-order valence-electron chi connectivity index (χ2n) is 7.03. The van der Waals surface area contributed by atoms with Crippen molar-refractivity contribution in [3.8, 4) is 0 Å². The fourth-order valence-electron chi connectivity index (χ4n) is 3.70. The van der Waals surface area contributed by atoms with Crippen LogP contribution in [0.2, 0.25) is 0 Å². The molecule has 126 valence electrons. The molecule has 0 aromatic heterocycles. The molecule has 2 fully saturated rings. The molecule has 1 aliphatic heterocycles. The molecule has 1 saturated heterocycles. The molecule has 3 N–H and O–H groups in total. The molecule has 1 aliphatic carbocycles. The lowest BCUT2D eigenvalue weighted by Gasteiger charge is -2.40. The third-order valence-electron chi connectivity index (χ3n) is 5.04. The maximum absolute atomic E-state index is 12.8. The highest BCUT2D eigenvalue weighted by Gasteiger charge is 2.39. The highest BCUT2D eigenvalue weighted by Crippen LogP contribution is 2.29. The van der Waals surface area contributed by atoms with Gasteiger partial charge in [-0.1, -0.05) is 26.2 Å². The fraction of sp³-hybridized carbons (Fsp3) is 0.882. The molecular formula is C17H31N3O2. The van der Waals surface area contributed by atoms with Crippen LogP contribution in [0.4, 0.5) is 0 Å². The van der Waals surface area contributed by atoms with Gasteiger partial charge in [-0.25, -0.2) is 0 Å². The first-order valence-electron chi connectivity index (χ1n) is 8.90. The van der Waals surface area contributed by atoms with Crippen LogP contribution in [0, 0.1) is 5.92 Å². The van der Waals surface area contributed by atoms with E-state index in [2.05, 4.69) is 5.32 Å². The molecule has 0 aromatic carbocycles. The van der Waals surface area contributed by atoms with Crippen LogP contribution >= 0.6 is 0 Å². The van der Waals surface area contributed by atoms with E-state index in [1.165, 1.54) is 6.42 Å². The summed E-state index contributed by atoms with van der Waals surface area (Å²) >= 11 is 0. The largest absolute Gasteiger partial charge is 0.356 e. The highest BCUT2D eigenvalue weighted by molar-refractivity contribution is 5.86. The smallest absolute Gasteiger partial charge is 0.242 e. The molecule has 0 aromatic rings. The summed E-state index contributed by atoms with van der Waals surface area (Å²) in [5.41, 5.74) is 5.75. The second-order valence-corrected chi connectivity index (χ2v) is 7.03. The molecular weight excluding hydrogens is 278 g/mol. The summed E-state index contributed by atoms with van der Waals surface area (Å²) in [6.45, 7) is 4.24. The third-order valence-corrected chi connectivity index (χ3v) is 5.04. The van der Waals surface area contributed by atoms with Gasteiger partial charge in [0.25, 0.3) is 0 Å². The predicted molar refractivity (Wildman–Crippen MR) is 87.2 cm³/mol. The molecule has 2 aliphatic rings. The van der Waals surface area contributed by atoms with Gasteiger partial charge in [0.2, 0.25) is 11.8 Å². The molecule has 1 unspecified atom stereocenters. The first-order chi connectivity index (χ1) is 10.5. The Kier molecular flexibility index (Phi) is 6.24. The van der Waals surface area contributed by atoms with Gasteiger partial charge < -0.3 is 16.0 Å². The Balaban J connectivity index is 1.84. The van der Waals surface area contributed by atoms with Crippen molar-refractivity contribution < 1.29 is 9.59 Å². The van der Waals surface area contributed by atoms with E-state index in [0.29, 0.717) is 18.9 Å². The number of rotatable bonds is 5. The summed E-state index contributed by atoms with van der Waals surface area (Å²) in [5.74, 6) is 0.621. The first-order valence-corrected chi connectivity index (χ1v) is 8.90. The van der Waals surface area contributed by atoms with Crippen LogP contribution < -0.4 is 11.1 Å². The lowest BCUT2D eigenvalue weighted by Crippen LogP contribution is -2.58. The number of nitrogens with two attached hydrogens (primary N) is 1. The Labute approximate surface area is 134 Å². The van der Waals surface area contributed by atoms with Crippen molar-refractivity contribution in [2.45, 2.75) is 70.3 Å². The minimum absolute atomic E-state index is 0.119. The Morgan fingerprint density at radius 2 is 1.95 bits per heavy atom. The number of carbonyl (C=O) groups excluding carboxylic acids is 2. The normalized spacial score (nSPS) is 24.8. The minimum Gasteiger partial charge on any atom is -0.356 e. The summed E-state index contributed by atoms with van der Waals surface area (Å²) in [7, 11) is 0. The minimum atomic E-state index is -0.633. The van der Waals surface area contributed by atoms with Crippen LogP contribution in [0.25, 0.3) is 0 Å². The van der Waals surface area contributed by atoms with Gasteiger partial charge in [0, 0.05) is 26.1 Å². The van der Waals surface area contributed by atoms with Crippen LogP contribution in [0.1, 0.15) is 64.7 Å². The molecule has 5 nitrogen and oxygen atoms in total. The van der Waals surface area contributed by atoms with Gasteiger partial charge in [0.1, 0.15) is 0 Å². The SMILES string of the molecule is CCCC(=O)NCC1CCCN(C(=O)C2(N)CCCCC2)C1. The average Bonchev–Trinajstić information content (AvgIpc) is 2.53. The Hall–Kier alpha value is -1.10. The van der Waals surface area contributed by atoms with Gasteiger partial charge in [-0.3, -0.25) is 9.59 Å². The van der Waals surface area contributed by atoms with Gasteiger partial charge in [0.05, 0.1) is 5.54 Å². The van der Waals surface area contributed by atoms with Gasteiger partial charge in [-0.05, 0) is 38.0 Å². The van der Waals surface area contributed by atoms with E-state index in [9.17, 15) is 9.59 Å². The summed E-state index contributed by atoms with van der Waals surface area (Å²) in [5, 5.41) is 2.99. The topological polar surface area (TPSA) is 75.4 Å². The Morgan fingerprint density at radius 1 is 1.23 bits per heavy atom. The highest BCUT2D eigenvalue weighted by atomic mass is 16.2. The quantitative estimate of drug-likeness (QED) is 0.813. The zero-order chi connectivity index (χ0) is 16.0. The number of hydrogen-bond acceptors (Lipinski definition) is 3. The van der Waals surface area contributed by atoms with E-state index >= 15 is 0 Å². The van der Waals surface area contributed by atoms with Crippen LogP contribution in [-0.4, -0.2) is 41.9 Å². The van der Waals surface area contributed by atoms with Gasteiger partial charge >= 0.3 is 0 Å². The van der Waals surface area contributed by atoms with Crippen molar-refractivity contribution in [3.05, 3.63) is 0 Å². The summed E-state index contributed by atoms with van der Waals surface area (Å²) in [6, 6.07) is 0. The van der Waals surface area contributed by atoms with Gasteiger partial charge in [-0.15, -0.1) is 0 Å². The fourth-order valence-corrected chi connectivity index (χ4v) is 3.70. The Morgan fingerprint density at radius 3 is 2.64 bits per heavy atom. The zero-order valence-corrected chi connectivity index (χ0v) is 13.9. The van der Waals surface area contributed by atoms with Crippen LogP contribution in [0.3, 0.4) is 0 Å². The molecule has 2 rings (SSSR count). The van der Waals surface area contributed by atoms with Crippen molar-refractivity contribution in [2.75, 3.05) is 19.6 Å². The van der Waals surface area contributed by atoms with E-state index < -0.39 is 5.54 Å². The average molecular weight is 309 g/mol. The molecule has 1 heterocycles. The van der Waals surface area contributed by atoms with E-state index in [-0.39, 0.29) is 11.8 Å². The first kappa shape index (κ1) is 17.3. The van der Waals surface area contributed by atoms with Crippen molar-refractivity contribution in [1.82, 2.24) is 10.2 Å². The number of hydrogen-bond donors (Lipinski definition) is 2. The number of piperidine rings is 1. The van der Waals surface area contributed by atoms with E-state index in [1.807, 2.05) is 11.8 Å². The third kappa shape index (κ3) is 4.45. The monoisotopic (exact) mass is 309 g/mol. The van der Waals surface area contributed by atoms with Crippen LogP contribution in [0.5, 0.6) is 0 Å². The summed E-state index contributed by atoms with van der Waals surface area (Å²) < 4.78 is 0. The zero-order valence-electron chi connectivity index (χ0n) is 13.9. The number of amides is 2. The molecule has 2 amide bonds. The van der Waals surface area contributed by atoms with Crippen LogP contribution in [0.15, 0.2) is 0 Å². The van der Waals surface area contributed by atoms with Crippen molar-refractivity contribution in [3.63, 3.8) is 0 Å². The lowest BCUT2D eigenvalue weighted by atomic mass is 9.81. The van der Waals surface area contributed by atoms with Gasteiger partial charge in [0.15, 0.2) is 0 Å². The predicted octanol–water partition coefficient (Wildman–Crippen LogP) is 1.80. The maximum Gasteiger partial charge on any atom is 0.242 e. The Bertz CT molecular complexity index is 391. The van der Waals surface area contributed by atoms with E-state index in [4.69, 9.17) is 5.73 Å². The second kappa shape index (κ2) is 7.95. The van der Waals surface area contributed by atoms with E-state index in [0.717, 1.165) is 58.0 Å². The molecule has 0 radical (unpaired) electrons. The summed E-state index contributed by atoms with van der Waals surface area (Å²) in [6.07, 6.45) is 8.50. The molecule has 1 saturated carbocycles. The maximum atomic E-state index is 12.8. The molecule has 0 bridgehead atoms. The standard InChI is InChI=1S/C17H31N3O2/c1-2-7-15(21)19-12-14-8-6-11-20(13-14)16(22)17(18)9-4-3-5-10-17/h14H,2-13,18H2,1H3,(H,19,21). The van der Waals surface area contributed by atoms with Crippen molar-refractivity contribution in [1.29, 1.82) is 0 Å². The summed E-state index contributed by atoms with van der Waals surface area (Å²) in [4.78, 5) is 26.3. The molecule has 0 spiro atoms. The number of nitrogens with zero attached hydrogens (tertiary/aromatic N) is 1. The lowest BCUT2D eigenvalue weighted by molar-refractivity contribution is -0.140. The molecule has 22 heavy (non-hydrogen) atoms. The van der Waals surface area contributed by atoms with Gasteiger partial charge in [-0.2, -0.15) is 0 Å². The van der Waals surface area contributed by atoms with Crippen molar-refractivity contribution in [2.24, 2.45) is 11.7 Å². The number of carbonyl (C=O) groups is 2. The van der Waals surface area contributed by atoms with E-state index in [1.54, 1.807) is 0 Å². The van der Waals surface area contributed by atoms with Crippen molar-refractivity contribution >= 4 is 11.8 Å². The molecule has 1 atom stereocenters. The number of nitrogens with one attached hydrogen (secondary N) is 1. The molecule has 5 heteroatoms.